The van der Waals surface area contributed by atoms with Gasteiger partial charge in [0, 0.05) is 12.2 Å². The molecule has 5 nitrogen and oxygen atoms in total. The number of nitrogens with one attached hydrogen (secondary N) is 3. The molecule has 1 rings (SSSR count). The van der Waals surface area contributed by atoms with Crippen LogP contribution >= 0.6 is 12.2 Å². The highest BCUT2D eigenvalue weighted by atomic mass is 32.1. The number of hydrogen-bond donors (Lipinski definition) is 3. The van der Waals surface area contributed by atoms with Gasteiger partial charge in [-0.3, -0.25) is 4.79 Å². The molecule has 0 radical (unpaired) electrons. The normalized spacial score (nSPS) is 12.2. The second kappa shape index (κ2) is 7.83. The summed E-state index contributed by atoms with van der Waals surface area (Å²) in [6, 6.07) is 4.54. The Morgan fingerprint density at radius 3 is 2.41 bits per heavy atom. The van der Waals surface area contributed by atoms with E-state index in [0.29, 0.717) is 12.2 Å². The van der Waals surface area contributed by atoms with Crippen LogP contribution in [-0.4, -0.2) is 30.0 Å². The number of likely N-dealkylation sites (N-methyl/N-ethyl adjacent to an activating group) is 1. The summed E-state index contributed by atoms with van der Waals surface area (Å²) in [6.07, 6.45) is -4.73. The third-order valence-corrected chi connectivity index (χ3v) is 2.66. The van der Waals surface area contributed by atoms with Crippen LogP contribution in [0.2, 0.25) is 0 Å². The highest BCUT2D eigenvalue weighted by molar-refractivity contribution is 7.80. The van der Waals surface area contributed by atoms with Gasteiger partial charge >= 0.3 is 6.36 Å². The first-order valence-electron chi connectivity index (χ1n) is 6.42. The van der Waals surface area contributed by atoms with E-state index < -0.39 is 12.4 Å². The lowest BCUT2D eigenvalue weighted by atomic mass is 10.3. The zero-order valence-electron chi connectivity index (χ0n) is 12.0. The van der Waals surface area contributed by atoms with Crippen molar-refractivity contribution in [3.05, 3.63) is 24.3 Å². The molecule has 9 heteroatoms. The van der Waals surface area contributed by atoms with E-state index >= 15 is 0 Å². The second-order valence-electron chi connectivity index (χ2n) is 4.29. The molecule has 1 atom stereocenters. The van der Waals surface area contributed by atoms with Gasteiger partial charge in [0.05, 0.1) is 0 Å². The maximum Gasteiger partial charge on any atom is 0.573 e. The molecule has 1 aromatic rings. The van der Waals surface area contributed by atoms with E-state index in [-0.39, 0.29) is 16.8 Å². The van der Waals surface area contributed by atoms with Gasteiger partial charge in [-0.25, -0.2) is 0 Å². The van der Waals surface area contributed by atoms with Crippen molar-refractivity contribution in [3.8, 4) is 5.75 Å². The Labute approximate surface area is 131 Å². The monoisotopic (exact) mass is 335 g/mol. The van der Waals surface area contributed by atoms with Gasteiger partial charge < -0.3 is 20.7 Å². The maximum atomic E-state index is 12.0. The standard InChI is InChI=1S/C13H16F3N3O2S/c1-3-17-11(20)8(2)18-12(22)19-9-4-6-10(7-5-9)21-13(14,15)16/h4-8H,3H2,1-2H3,(H,17,20)(H2,18,19,22)/t8-/m0/s1. The SMILES string of the molecule is CCNC(=O)[C@H](C)NC(=S)Nc1ccc(OC(F)(F)F)cc1. The summed E-state index contributed by atoms with van der Waals surface area (Å²) in [5.74, 6) is -0.534. The van der Waals surface area contributed by atoms with Crippen LogP contribution < -0.4 is 20.7 Å². The van der Waals surface area contributed by atoms with Gasteiger partial charge in [-0.1, -0.05) is 0 Å². The number of halogens is 3. The van der Waals surface area contributed by atoms with Gasteiger partial charge in [-0.2, -0.15) is 0 Å². The van der Waals surface area contributed by atoms with Crippen molar-refractivity contribution in [1.82, 2.24) is 10.6 Å². The number of alkyl halides is 3. The van der Waals surface area contributed by atoms with E-state index in [1.165, 1.54) is 12.1 Å². The highest BCUT2D eigenvalue weighted by Gasteiger charge is 2.30. The van der Waals surface area contributed by atoms with Gasteiger partial charge in [0.1, 0.15) is 11.8 Å². The quantitative estimate of drug-likeness (QED) is 0.721. The number of rotatable bonds is 5. The zero-order valence-corrected chi connectivity index (χ0v) is 12.8. The Balaban J connectivity index is 2.53. The fraction of sp³-hybridized carbons (Fsp3) is 0.385. The fourth-order valence-electron chi connectivity index (χ4n) is 1.50. The lowest BCUT2D eigenvalue weighted by Gasteiger charge is -2.16. The molecule has 0 spiro atoms. The van der Waals surface area contributed by atoms with Crippen molar-refractivity contribution < 1.29 is 22.7 Å². The lowest BCUT2D eigenvalue weighted by Crippen LogP contribution is -2.46. The second-order valence-corrected chi connectivity index (χ2v) is 4.70. The Morgan fingerprint density at radius 1 is 1.32 bits per heavy atom. The summed E-state index contributed by atoms with van der Waals surface area (Å²) in [5, 5.41) is 8.34. The number of hydrogen-bond acceptors (Lipinski definition) is 3. The first-order chi connectivity index (χ1) is 10.2. The smallest absolute Gasteiger partial charge is 0.406 e. The van der Waals surface area contributed by atoms with E-state index in [1.54, 1.807) is 13.8 Å². The van der Waals surface area contributed by atoms with E-state index in [0.717, 1.165) is 12.1 Å². The van der Waals surface area contributed by atoms with E-state index in [1.807, 2.05) is 0 Å². The summed E-state index contributed by atoms with van der Waals surface area (Å²) < 4.78 is 39.8. The van der Waals surface area contributed by atoms with Crippen molar-refractivity contribution in [2.75, 3.05) is 11.9 Å². The van der Waals surface area contributed by atoms with Gasteiger partial charge in [-0.15, -0.1) is 13.2 Å². The first-order valence-corrected chi connectivity index (χ1v) is 6.83. The van der Waals surface area contributed by atoms with Crippen LogP contribution in [0.5, 0.6) is 5.75 Å². The molecule has 0 fully saturated rings. The van der Waals surface area contributed by atoms with Gasteiger partial charge in [0.2, 0.25) is 5.91 Å². The van der Waals surface area contributed by atoms with Crippen LogP contribution in [0.1, 0.15) is 13.8 Å². The van der Waals surface area contributed by atoms with Crippen molar-refractivity contribution in [2.45, 2.75) is 26.3 Å². The molecule has 0 aliphatic carbocycles. The average molecular weight is 335 g/mol. The lowest BCUT2D eigenvalue weighted by molar-refractivity contribution is -0.274. The van der Waals surface area contributed by atoms with Crippen molar-refractivity contribution >= 4 is 28.9 Å². The fourth-order valence-corrected chi connectivity index (χ4v) is 1.79. The maximum absolute atomic E-state index is 12.0. The molecule has 0 aliphatic heterocycles. The van der Waals surface area contributed by atoms with Crippen LogP contribution in [0.4, 0.5) is 18.9 Å². The molecule has 1 amide bonds. The van der Waals surface area contributed by atoms with Crippen molar-refractivity contribution in [3.63, 3.8) is 0 Å². The largest absolute Gasteiger partial charge is 0.573 e. The number of anilines is 1. The van der Waals surface area contributed by atoms with Gasteiger partial charge in [0.25, 0.3) is 0 Å². The Kier molecular flexibility index (Phi) is 6.41. The Morgan fingerprint density at radius 2 is 1.91 bits per heavy atom. The first kappa shape index (κ1) is 18.0. The Bertz CT molecular complexity index is 520. The number of ether oxygens (including phenoxy) is 1. The van der Waals surface area contributed by atoms with Crippen LogP contribution in [0.25, 0.3) is 0 Å². The molecule has 0 unspecified atom stereocenters. The molecule has 0 saturated carbocycles. The molecular formula is C13H16F3N3O2S. The van der Waals surface area contributed by atoms with Crippen LogP contribution in [0.15, 0.2) is 24.3 Å². The molecule has 1 aromatic carbocycles. The molecule has 3 N–H and O–H groups in total. The molecule has 0 aromatic heterocycles. The predicted octanol–water partition coefficient (Wildman–Crippen LogP) is 2.40. The highest BCUT2D eigenvalue weighted by Crippen LogP contribution is 2.23. The van der Waals surface area contributed by atoms with E-state index in [4.69, 9.17) is 12.2 Å². The van der Waals surface area contributed by atoms with Gasteiger partial charge in [-0.05, 0) is 50.3 Å². The molecule has 0 saturated heterocycles. The Hall–Kier alpha value is -2.03. The molecule has 122 valence electrons. The van der Waals surface area contributed by atoms with E-state index in [2.05, 4.69) is 20.7 Å². The van der Waals surface area contributed by atoms with Crippen LogP contribution in [0.3, 0.4) is 0 Å². The summed E-state index contributed by atoms with van der Waals surface area (Å²) in [7, 11) is 0. The number of carbonyl (C=O) groups is 1. The van der Waals surface area contributed by atoms with Crippen LogP contribution in [0, 0.1) is 0 Å². The van der Waals surface area contributed by atoms with E-state index in [9.17, 15) is 18.0 Å². The minimum absolute atomic E-state index is 0.184. The molecule has 0 aliphatic rings. The van der Waals surface area contributed by atoms with Crippen LogP contribution in [-0.2, 0) is 4.79 Å². The number of amides is 1. The topological polar surface area (TPSA) is 62.4 Å². The summed E-state index contributed by atoms with van der Waals surface area (Å²) in [5.41, 5.74) is 0.468. The summed E-state index contributed by atoms with van der Waals surface area (Å²) >= 11 is 5.02. The zero-order chi connectivity index (χ0) is 16.8. The minimum Gasteiger partial charge on any atom is -0.406 e. The average Bonchev–Trinajstić information content (AvgIpc) is 2.39. The third kappa shape index (κ3) is 6.61. The minimum atomic E-state index is -4.73. The summed E-state index contributed by atoms with van der Waals surface area (Å²) in [6.45, 7) is 3.94. The molecule has 22 heavy (non-hydrogen) atoms. The number of benzene rings is 1. The third-order valence-electron chi connectivity index (χ3n) is 2.44. The number of thiocarbonyl (C=S) groups is 1. The van der Waals surface area contributed by atoms with Crippen molar-refractivity contribution in [2.24, 2.45) is 0 Å². The molecule has 0 heterocycles. The van der Waals surface area contributed by atoms with Gasteiger partial charge in [0.15, 0.2) is 5.11 Å². The molecular weight excluding hydrogens is 319 g/mol. The number of carbonyl (C=O) groups excluding carboxylic acids is 1. The summed E-state index contributed by atoms with van der Waals surface area (Å²) in [4.78, 5) is 11.5. The predicted molar refractivity (Wildman–Crippen MR) is 80.6 cm³/mol. The molecule has 0 bridgehead atoms. The van der Waals surface area contributed by atoms with Crippen molar-refractivity contribution in [1.29, 1.82) is 0 Å².